The second kappa shape index (κ2) is 6.45. The lowest BCUT2D eigenvalue weighted by molar-refractivity contribution is 0.575. The number of benzene rings is 1. The Hall–Kier alpha value is -1.28. The van der Waals surface area contributed by atoms with E-state index in [1.165, 1.54) is 30.2 Å². The van der Waals surface area contributed by atoms with E-state index in [9.17, 15) is 0 Å². The van der Waals surface area contributed by atoms with Gasteiger partial charge in [0.05, 0.1) is 0 Å². The maximum absolute atomic E-state index is 3.44. The second-order valence-electron chi connectivity index (χ2n) is 4.53. The minimum absolute atomic E-state index is 1.13. The number of fused-ring (bicyclic) bond motifs is 1. The van der Waals surface area contributed by atoms with Crippen molar-refractivity contribution in [1.29, 1.82) is 0 Å². The van der Waals surface area contributed by atoms with E-state index in [0.29, 0.717) is 0 Å². The predicted molar refractivity (Wildman–Crippen MR) is 74.3 cm³/mol. The summed E-state index contributed by atoms with van der Waals surface area (Å²) in [7, 11) is 0. The van der Waals surface area contributed by atoms with Gasteiger partial charge in [0, 0.05) is 18.3 Å². The van der Waals surface area contributed by atoms with Crippen LogP contribution in [0.2, 0.25) is 0 Å². The molecule has 1 N–H and O–H groups in total. The highest BCUT2D eigenvalue weighted by atomic mass is 14.9. The molecule has 2 aromatic rings. The van der Waals surface area contributed by atoms with E-state index >= 15 is 0 Å². The lowest BCUT2D eigenvalue weighted by Crippen LogP contribution is -2.16. The van der Waals surface area contributed by atoms with E-state index < -0.39 is 0 Å². The van der Waals surface area contributed by atoms with Gasteiger partial charge in [-0.3, -0.25) is 0 Å². The molecule has 0 aliphatic rings. The molecule has 0 saturated carbocycles. The molecule has 92 valence electrons. The number of aryl methyl sites for hydroxylation is 1. The Morgan fingerprint density at radius 3 is 2.82 bits per heavy atom. The van der Waals surface area contributed by atoms with Crippen LogP contribution in [0.25, 0.3) is 10.9 Å². The number of rotatable bonds is 7. The lowest BCUT2D eigenvalue weighted by atomic mass is 10.2. The largest absolute Gasteiger partial charge is 0.347 e. The third kappa shape index (κ3) is 3.34. The van der Waals surface area contributed by atoms with Crippen molar-refractivity contribution in [2.45, 2.75) is 32.7 Å². The Labute approximate surface area is 104 Å². The molecule has 0 fully saturated rings. The van der Waals surface area contributed by atoms with Gasteiger partial charge in [0.25, 0.3) is 0 Å². The standard InChI is InChI=1S/C15H22N2/c1-2-10-16-11-5-6-12-17-13-9-14-7-3-4-8-15(14)17/h3-4,7-9,13,16H,2,5-6,10-12H2,1H3. The first-order valence-electron chi connectivity index (χ1n) is 6.66. The highest BCUT2D eigenvalue weighted by Crippen LogP contribution is 2.15. The van der Waals surface area contributed by atoms with Crippen LogP contribution in [0.5, 0.6) is 0 Å². The summed E-state index contributed by atoms with van der Waals surface area (Å²) < 4.78 is 2.36. The first kappa shape index (κ1) is 12.2. The summed E-state index contributed by atoms with van der Waals surface area (Å²) in [6, 6.07) is 10.8. The zero-order chi connectivity index (χ0) is 11.9. The highest BCUT2D eigenvalue weighted by Gasteiger charge is 1.98. The first-order valence-corrected chi connectivity index (χ1v) is 6.66. The van der Waals surface area contributed by atoms with Gasteiger partial charge >= 0.3 is 0 Å². The van der Waals surface area contributed by atoms with Crippen LogP contribution in [-0.2, 0) is 6.54 Å². The van der Waals surface area contributed by atoms with Crippen molar-refractivity contribution < 1.29 is 0 Å². The van der Waals surface area contributed by atoms with Crippen molar-refractivity contribution in [3.8, 4) is 0 Å². The minimum atomic E-state index is 1.13. The molecule has 1 aromatic carbocycles. The molecule has 0 aliphatic carbocycles. The number of aromatic nitrogens is 1. The fraction of sp³-hybridized carbons (Fsp3) is 0.467. The fourth-order valence-corrected chi connectivity index (χ4v) is 2.17. The van der Waals surface area contributed by atoms with Crippen molar-refractivity contribution in [2.75, 3.05) is 13.1 Å². The van der Waals surface area contributed by atoms with E-state index in [2.05, 4.69) is 53.3 Å². The normalized spacial score (nSPS) is 11.1. The average Bonchev–Trinajstić information content (AvgIpc) is 2.77. The summed E-state index contributed by atoms with van der Waals surface area (Å²) >= 11 is 0. The van der Waals surface area contributed by atoms with Gasteiger partial charge in [0.2, 0.25) is 0 Å². The van der Waals surface area contributed by atoms with Crippen LogP contribution >= 0.6 is 0 Å². The second-order valence-corrected chi connectivity index (χ2v) is 4.53. The Kier molecular flexibility index (Phi) is 4.63. The molecular formula is C15H22N2. The van der Waals surface area contributed by atoms with E-state index in [0.717, 1.165) is 19.6 Å². The van der Waals surface area contributed by atoms with Crippen LogP contribution in [0.4, 0.5) is 0 Å². The molecule has 1 heterocycles. The maximum Gasteiger partial charge on any atom is 0.0480 e. The van der Waals surface area contributed by atoms with Gasteiger partial charge in [-0.25, -0.2) is 0 Å². The SMILES string of the molecule is CCCNCCCCn1ccc2ccccc21. The van der Waals surface area contributed by atoms with Gasteiger partial charge in [0.1, 0.15) is 0 Å². The molecule has 0 saturated heterocycles. The van der Waals surface area contributed by atoms with Crippen LogP contribution in [0, 0.1) is 0 Å². The van der Waals surface area contributed by atoms with Crippen LogP contribution in [-0.4, -0.2) is 17.7 Å². The topological polar surface area (TPSA) is 17.0 Å². The lowest BCUT2D eigenvalue weighted by Gasteiger charge is -2.06. The van der Waals surface area contributed by atoms with Crippen LogP contribution < -0.4 is 5.32 Å². The van der Waals surface area contributed by atoms with Gasteiger partial charge < -0.3 is 9.88 Å². The molecule has 1 aromatic heterocycles. The van der Waals surface area contributed by atoms with Gasteiger partial charge in [-0.2, -0.15) is 0 Å². The molecule has 0 radical (unpaired) electrons. The monoisotopic (exact) mass is 230 g/mol. The number of hydrogen-bond donors (Lipinski definition) is 1. The number of nitrogens with one attached hydrogen (secondary N) is 1. The van der Waals surface area contributed by atoms with E-state index in [-0.39, 0.29) is 0 Å². The van der Waals surface area contributed by atoms with Crippen molar-refractivity contribution in [3.05, 3.63) is 36.5 Å². The minimum Gasteiger partial charge on any atom is -0.347 e. The Morgan fingerprint density at radius 2 is 1.94 bits per heavy atom. The number of nitrogens with zero attached hydrogens (tertiary/aromatic N) is 1. The summed E-state index contributed by atoms with van der Waals surface area (Å²) in [6.07, 6.45) is 5.92. The van der Waals surface area contributed by atoms with Crippen molar-refractivity contribution in [2.24, 2.45) is 0 Å². The highest BCUT2D eigenvalue weighted by molar-refractivity contribution is 5.79. The Bertz CT molecular complexity index is 445. The molecule has 2 rings (SSSR count). The molecular weight excluding hydrogens is 208 g/mol. The van der Waals surface area contributed by atoms with Crippen molar-refractivity contribution >= 4 is 10.9 Å². The molecule has 0 atom stereocenters. The molecule has 2 heteroatoms. The zero-order valence-corrected chi connectivity index (χ0v) is 10.7. The summed E-state index contributed by atoms with van der Waals surface area (Å²) in [5.41, 5.74) is 1.36. The predicted octanol–water partition coefficient (Wildman–Crippen LogP) is 3.42. The van der Waals surface area contributed by atoms with Crippen molar-refractivity contribution in [3.63, 3.8) is 0 Å². The smallest absolute Gasteiger partial charge is 0.0480 e. The molecule has 0 amide bonds. The van der Waals surface area contributed by atoms with Crippen LogP contribution in [0.1, 0.15) is 26.2 Å². The third-order valence-corrected chi connectivity index (χ3v) is 3.11. The summed E-state index contributed by atoms with van der Waals surface area (Å²) in [5, 5.41) is 4.79. The van der Waals surface area contributed by atoms with Gasteiger partial charge in [0.15, 0.2) is 0 Å². The molecule has 0 bridgehead atoms. The molecule has 0 aliphatic heterocycles. The Balaban J connectivity index is 1.79. The molecule has 17 heavy (non-hydrogen) atoms. The molecule has 0 spiro atoms. The molecule has 0 unspecified atom stereocenters. The fourth-order valence-electron chi connectivity index (χ4n) is 2.17. The first-order chi connectivity index (χ1) is 8.42. The van der Waals surface area contributed by atoms with E-state index in [1.54, 1.807) is 0 Å². The summed E-state index contributed by atoms with van der Waals surface area (Å²) in [4.78, 5) is 0. The Morgan fingerprint density at radius 1 is 1.06 bits per heavy atom. The number of unbranched alkanes of at least 4 members (excludes halogenated alkanes) is 1. The zero-order valence-electron chi connectivity index (χ0n) is 10.7. The van der Waals surface area contributed by atoms with Crippen LogP contribution in [0.15, 0.2) is 36.5 Å². The number of hydrogen-bond acceptors (Lipinski definition) is 1. The van der Waals surface area contributed by atoms with Gasteiger partial charge in [-0.1, -0.05) is 25.1 Å². The summed E-state index contributed by atoms with van der Waals surface area (Å²) in [5.74, 6) is 0. The maximum atomic E-state index is 3.44. The van der Waals surface area contributed by atoms with Crippen LogP contribution in [0.3, 0.4) is 0 Å². The van der Waals surface area contributed by atoms with E-state index in [4.69, 9.17) is 0 Å². The molecule has 2 nitrogen and oxygen atoms in total. The van der Waals surface area contributed by atoms with Gasteiger partial charge in [-0.15, -0.1) is 0 Å². The van der Waals surface area contributed by atoms with E-state index in [1.807, 2.05) is 0 Å². The van der Waals surface area contributed by atoms with Gasteiger partial charge in [-0.05, 0) is 49.9 Å². The average molecular weight is 230 g/mol. The summed E-state index contributed by atoms with van der Waals surface area (Å²) in [6.45, 7) is 5.62. The quantitative estimate of drug-likeness (QED) is 0.721. The third-order valence-electron chi connectivity index (χ3n) is 3.11. The number of para-hydroxylation sites is 1. The van der Waals surface area contributed by atoms with Crippen molar-refractivity contribution in [1.82, 2.24) is 9.88 Å².